The van der Waals surface area contributed by atoms with Crippen molar-refractivity contribution in [1.29, 1.82) is 0 Å². The second-order valence-electron chi connectivity index (χ2n) is 10.9. The highest BCUT2D eigenvalue weighted by Gasteiger charge is 2.39. The number of hydrogen-bond donors (Lipinski definition) is 0. The van der Waals surface area contributed by atoms with Gasteiger partial charge in [0.05, 0.1) is 48.6 Å². The van der Waals surface area contributed by atoms with Crippen molar-refractivity contribution in [1.82, 2.24) is 4.90 Å². The van der Waals surface area contributed by atoms with E-state index in [1.165, 1.54) is 5.56 Å². The van der Waals surface area contributed by atoms with Crippen molar-refractivity contribution in [2.24, 2.45) is 5.92 Å². The third kappa shape index (κ3) is 6.60. The molecule has 0 spiro atoms. The van der Waals surface area contributed by atoms with Gasteiger partial charge < -0.3 is 37.9 Å². The summed E-state index contributed by atoms with van der Waals surface area (Å²) in [6, 6.07) is 15.4. The fraction of sp³-hybridized carbons (Fsp3) is 0.441. The molecule has 0 radical (unpaired) electrons. The summed E-state index contributed by atoms with van der Waals surface area (Å²) in [4.78, 5) is 16.0. The quantitative estimate of drug-likeness (QED) is 0.270. The number of rotatable bonds is 11. The lowest BCUT2D eigenvalue weighted by atomic mass is 9.92. The molecule has 0 N–H and O–H groups in total. The minimum Gasteiger partial charge on any atom is -0.497 e. The third-order valence-corrected chi connectivity index (χ3v) is 8.36. The van der Waals surface area contributed by atoms with Crippen LogP contribution in [0.1, 0.15) is 35.6 Å². The molecule has 1 saturated heterocycles. The number of carbonyl (C=O) groups is 1. The van der Waals surface area contributed by atoms with Crippen LogP contribution in [0.3, 0.4) is 0 Å². The number of hydrogen-bond acceptors (Lipinski definition) is 10. The average molecular weight is 608 g/mol. The summed E-state index contributed by atoms with van der Waals surface area (Å²) in [5.41, 5.74) is 2.74. The standard InChI is InChI=1S/C34H41NO9/c1-37-24-9-7-21(8-10-24)20-35-13-11-22(12-14-35)34(36)44-31-19-26-27(39-3)17-25(38-2)18-28(26)43-32(31)23-15-29(40-4)33(42-6)30(16-23)41-5/h7-10,15-18,22,31-32H,11-14,19-20H2,1-6H3/t31-,32-/m1/s1. The van der Waals surface area contributed by atoms with Crippen LogP contribution in [-0.2, 0) is 22.5 Å². The van der Waals surface area contributed by atoms with E-state index in [-0.39, 0.29) is 11.9 Å². The molecule has 1 fully saturated rings. The first kappa shape index (κ1) is 31.1. The van der Waals surface area contributed by atoms with Crippen molar-refractivity contribution in [2.75, 3.05) is 55.7 Å². The number of esters is 1. The second-order valence-corrected chi connectivity index (χ2v) is 10.9. The predicted molar refractivity (Wildman–Crippen MR) is 164 cm³/mol. The molecule has 10 heteroatoms. The maximum absolute atomic E-state index is 13.7. The molecule has 236 valence electrons. The monoisotopic (exact) mass is 607 g/mol. The molecule has 0 aromatic heterocycles. The molecule has 2 aliphatic heterocycles. The Morgan fingerprint density at radius 3 is 1.98 bits per heavy atom. The SMILES string of the molecule is COc1ccc(CN2CCC(C(=O)O[C@@H]3Cc4c(OC)cc(OC)cc4O[C@@H]3c3cc(OC)c(OC)c(OC)c3)CC2)cc1. The average Bonchev–Trinajstić information content (AvgIpc) is 3.07. The molecule has 3 aromatic carbocycles. The number of fused-ring (bicyclic) bond motifs is 1. The number of likely N-dealkylation sites (tertiary alicyclic amines) is 1. The van der Waals surface area contributed by atoms with Crippen molar-refractivity contribution in [3.8, 4) is 40.2 Å². The smallest absolute Gasteiger partial charge is 0.309 e. The molecule has 0 aliphatic carbocycles. The highest BCUT2D eigenvalue weighted by molar-refractivity contribution is 5.73. The van der Waals surface area contributed by atoms with Crippen molar-refractivity contribution in [3.05, 3.63) is 65.2 Å². The van der Waals surface area contributed by atoms with Crippen molar-refractivity contribution >= 4 is 5.97 Å². The summed E-state index contributed by atoms with van der Waals surface area (Å²) in [6.07, 6.45) is 0.555. The lowest BCUT2D eigenvalue weighted by Crippen LogP contribution is -2.40. The molecule has 5 rings (SSSR count). The van der Waals surface area contributed by atoms with Crippen LogP contribution < -0.4 is 33.2 Å². The Bertz CT molecular complexity index is 1410. The van der Waals surface area contributed by atoms with Crippen LogP contribution in [0.25, 0.3) is 0 Å². The maximum atomic E-state index is 13.7. The molecule has 2 heterocycles. The van der Waals surface area contributed by atoms with E-state index in [0.29, 0.717) is 53.8 Å². The van der Waals surface area contributed by atoms with Gasteiger partial charge in [0.15, 0.2) is 17.6 Å². The Labute approximate surface area is 258 Å². The van der Waals surface area contributed by atoms with Gasteiger partial charge in [-0.3, -0.25) is 9.69 Å². The molecule has 0 saturated carbocycles. The first-order valence-corrected chi connectivity index (χ1v) is 14.7. The van der Waals surface area contributed by atoms with Gasteiger partial charge in [-0.1, -0.05) is 12.1 Å². The molecule has 0 amide bonds. The van der Waals surface area contributed by atoms with E-state index < -0.39 is 12.2 Å². The minimum absolute atomic E-state index is 0.207. The van der Waals surface area contributed by atoms with Gasteiger partial charge >= 0.3 is 5.97 Å². The number of benzene rings is 3. The molecule has 44 heavy (non-hydrogen) atoms. The van der Waals surface area contributed by atoms with Crippen molar-refractivity contribution in [2.45, 2.75) is 38.0 Å². The maximum Gasteiger partial charge on any atom is 0.309 e. The van der Waals surface area contributed by atoms with Crippen molar-refractivity contribution in [3.63, 3.8) is 0 Å². The Kier molecular flexibility index (Phi) is 9.89. The fourth-order valence-corrected chi connectivity index (χ4v) is 5.94. The van der Waals surface area contributed by atoms with E-state index in [1.807, 2.05) is 30.3 Å². The molecule has 0 unspecified atom stereocenters. The van der Waals surface area contributed by atoms with Crippen LogP contribution >= 0.6 is 0 Å². The summed E-state index contributed by atoms with van der Waals surface area (Å²) in [5.74, 6) is 3.63. The summed E-state index contributed by atoms with van der Waals surface area (Å²) < 4.78 is 46.0. The predicted octanol–water partition coefficient (Wildman–Crippen LogP) is 5.24. The molecular formula is C34H41NO9. The normalized spacial score (nSPS) is 18.4. The van der Waals surface area contributed by atoms with Crippen molar-refractivity contribution < 1.29 is 42.7 Å². The summed E-state index contributed by atoms with van der Waals surface area (Å²) in [5, 5.41) is 0. The topological polar surface area (TPSA) is 94.2 Å². The van der Waals surface area contributed by atoms with Crippen LogP contribution in [0.5, 0.6) is 40.2 Å². The Morgan fingerprint density at radius 2 is 1.41 bits per heavy atom. The molecule has 2 aliphatic rings. The van der Waals surface area contributed by atoms with E-state index >= 15 is 0 Å². The van der Waals surface area contributed by atoms with E-state index in [1.54, 1.807) is 48.7 Å². The lowest BCUT2D eigenvalue weighted by Gasteiger charge is -2.36. The van der Waals surface area contributed by atoms with Gasteiger partial charge in [-0.2, -0.15) is 0 Å². The van der Waals surface area contributed by atoms with Crippen LogP contribution in [-0.4, -0.2) is 72.7 Å². The number of carbonyl (C=O) groups excluding carboxylic acids is 1. The largest absolute Gasteiger partial charge is 0.497 e. The minimum atomic E-state index is -0.646. The van der Waals surface area contributed by atoms with Crippen LogP contribution in [0.15, 0.2) is 48.5 Å². The Morgan fingerprint density at radius 1 is 0.773 bits per heavy atom. The lowest BCUT2D eigenvalue weighted by molar-refractivity contribution is -0.162. The fourth-order valence-electron chi connectivity index (χ4n) is 5.94. The first-order chi connectivity index (χ1) is 21.4. The first-order valence-electron chi connectivity index (χ1n) is 14.7. The zero-order valence-electron chi connectivity index (χ0n) is 26.2. The highest BCUT2D eigenvalue weighted by Crippen LogP contribution is 2.47. The zero-order valence-corrected chi connectivity index (χ0v) is 26.2. The molecule has 2 atom stereocenters. The molecule has 3 aromatic rings. The van der Waals surface area contributed by atoms with Gasteiger partial charge in [-0.05, 0) is 55.8 Å². The Hall–Kier alpha value is -4.31. The van der Waals surface area contributed by atoms with Gasteiger partial charge in [0.1, 0.15) is 29.1 Å². The van der Waals surface area contributed by atoms with Crippen LogP contribution in [0.2, 0.25) is 0 Å². The van der Waals surface area contributed by atoms with Gasteiger partial charge in [0.25, 0.3) is 0 Å². The zero-order chi connectivity index (χ0) is 31.2. The highest BCUT2D eigenvalue weighted by atomic mass is 16.6. The number of ether oxygens (including phenoxy) is 8. The number of piperidine rings is 1. The molecule has 10 nitrogen and oxygen atoms in total. The van der Waals surface area contributed by atoms with Gasteiger partial charge in [0.2, 0.25) is 5.75 Å². The van der Waals surface area contributed by atoms with E-state index in [0.717, 1.165) is 36.5 Å². The number of nitrogens with zero attached hydrogens (tertiary/aromatic N) is 1. The van der Waals surface area contributed by atoms with Gasteiger partial charge in [-0.15, -0.1) is 0 Å². The molecular weight excluding hydrogens is 566 g/mol. The summed E-state index contributed by atoms with van der Waals surface area (Å²) in [6.45, 7) is 2.44. The Balaban J connectivity index is 1.36. The van der Waals surface area contributed by atoms with Gasteiger partial charge in [-0.25, -0.2) is 0 Å². The molecule has 0 bridgehead atoms. The number of methoxy groups -OCH3 is 6. The van der Waals surface area contributed by atoms with E-state index in [4.69, 9.17) is 37.9 Å². The summed E-state index contributed by atoms with van der Waals surface area (Å²) in [7, 11) is 9.53. The third-order valence-electron chi connectivity index (χ3n) is 8.36. The van der Waals surface area contributed by atoms with Gasteiger partial charge in [0, 0.05) is 36.2 Å². The van der Waals surface area contributed by atoms with E-state index in [2.05, 4.69) is 17.0 Å². The summed E-state index contributed by atoms with van der Waals surface area (Å²) >= 11 is 0. The van der Waals surface area contributed by atoms with Crippen LogP contribution in [0.4, 0.5) is 0 Å². The van der Waals surface area contributed by atoms with E-state index in [9.17, 15) is 4.79 Å². The second kappa shape index (κ2) is 14.0. The van der Waals surface area contributed by atoms with Crippen LogP contribution in [0, 0.1) is 5.92 Å².